The van der Waals surface area contributed by atoms with Gasteiger partial charge < -0.3 is 20.8 Å². The molecule has 0 spiro atoms. The highest BCUT2D eigenvalue weighted by atomic mass is 16.4. The monoisotopic (exact) mass is 284 g/mol. The van der Waals surface area contributed by atoms with E-state index in [2.05, 4.69) is 10.6 Å². The van der Waals surface area contributed by atoms with E-state index in [0.717, 1.165) is 5.92 Å². The molecule has 0 aliphatic heterocycles. The first-order valence-corrected chi connectivity index (χ1v) is 7.42. The number of carboxylic acids is 1. The first kappa shape index (κ1) is 15.1. The van der Waals surface area contributed by atoms with E-state index in [9.17, 15) is 9.59 Å². The first-order chi connectivity index (χ1) is 9.51. The zero-order chi connectivity index (χ0) is 14.7. The largest absolute Gasteiger partial charge is 0.480 e. The van der Waals surface area contributed by atoms with Crippen LogP contribution in [0.1, 0.15) is 39.0 Å². The number of aliphatic hydroxyl groups is 1. The maximum atomic E-state index is 11.8. The minimum atomic E-state index is -1.12. The highest BCUT2D eigenvalue weighted by molar-refractivity contribution is 5.82. The lowest BCUT2D eigenvalue weighted by molar-refractivity contribution is -0.139. The quantitative estimate of drug-likeness (QED) is 0.583. The van der Waals surface area contributed by atoms with Crippen molar-refractivity contribution in [2.24, 2.45) is 17.8 Å². The lowest BCUT2D eigenvalue weighted by Gasteiger charge is -2.29. The van der Waals surface area contributed by atoms with Crippen LogP contribution < -0.4 is 10.6 Å². The number of carbonyl (C=O) groups is 2. The Labute approximate surface area is 118 Å². The average Bonchev–Trinajstić information content (AvgIpc) is 3.00. The van der Waals surface area contributed by atoms with Crippen LogP contribution in [0.2, 0.25) is 0 Å². The molecule has 0 saturated heterocycles. The summed E-state index contributed by atoms with van der Waals surface area (Å²) < 4.78 is 0. The van der Waals surface area contributed by atoms with Gasteiger partial charge in [0.25, 0.3) is 0 Å². The van der Waals surface area contributed by atoms with Crippen molar-refractivity contribution in [3.8, 4) is 0 Å². The van der Waals surface area contributed by atoms with E-state index in [4.69, 9.17) is 10.2 Å². The third-order valence-corrected chi connectivity index (χ3v) is 4.81. The van der Waals surface area contributed by atoms with Crippen LogP contribution in [-0.2, 0) is 4.79 Å². The van der Waals surface area contributed by atoms with Crippen molar-refractivity contribution in [3.63, 3.8) is 0 Å². The minimum Gasteiger partial charge on any atom is -0.480 e. The smallest absolute Gasteiger partial charge is 0.326 e. The fraction of sp³-hybridized carbons (Fsp3) is 0.857. The van der Waals surface area contributed by atoms with E-state index in [1.165, 1.54) is 25.7 Å². The molecule has 0 aromatic heterocycles. The van der Waals surface area contributed by atoms with Crippen LogP contribution in [0.5, 0.6) is 0 Å². The van der Waals surface area contributed by atoms with Gasteiger partial charge in [0.2, 0.25) is 0 Å². The number of urea groups is 1. The highest BCUT2D eigenvalue weighted by Crippen LogP contribution is 2.49. The molecule has 0 radical (unpaired) electrons. The predicted molar refractivity (Wildman–Crippen MR) is 73.2 cm³/mol. The second kappa shape index (κ2) is 6.43. The summed E-state index contributed by atoms with van der Waals surface area (Å²) in [6.07, 6.45) is 5.04. The molecule has 0 aromatic rings. The molecule has 6 heteroatoms. The van der Waals surface area contributed by atoms with Gasteiger partial charge in [0.15, 0.2) is 0 Å². The number of aliphatic hydroxyl groups excluding tert-OH is 1. The van der Waals surface area contributed by atoms with Crippen LogP contribution in [0.25, 0.3) is 0 Å². The molecule has 4 unspecified atom stereocenters. The fourth-order valence-corrected chi connectivity index (χ4v) is 3.81. The summed E-state index contributed by atoms with van der Waals surface area (Å²) in [6.45, 7) is 1.73. The second-order valence-corrected chi connectivity index (χ2v) is 6.15. The number of rotatable bonds is 6. The summed E-state index contributed by atoms with van der Waals surface area (Å²) in [7, 11) is 0. The number of fused-ring (bicyclic) bond motifs is 2. The van der Waals surface area contributed by atoms with Crippen molar-refractivity contribution in [3.05, 3.63) is 0 Å². The van der Waals surface area contributed by atoms with Crippen molar-refractivity contribution in [2.75, 3.05) is 6.61 Å². The van der Waals surface area contributed by atoms with Gasteiger partial charge in [-0.1, -0.05) is 6.42 Å². The molecule has 0 aromatic carbocycles. The van der Waals surface area contributed by atoms with Crippen LogP contribution >= 0.6 is 0 Å². The van der Waals surface area contributed by atoms with Crippen LogP contribution in [0.15, 0.2) is 0 Å². The van der Waals surface area contributed by atoms with Crippen molar-refractivity contribution >= 4 is 12.0 Å². The number of nitrogens with one attached hydrogen (secondary N) is 2. The molecule has 0 heterocycles. The Bertz CT molecular complexity index is 374. The third kappa shape index (κ3) is 3.42. The molecule has 2 amide bonds. The van der Waals surface area contributed by atoms with Gasteiger partial charge in [-0.3, -0.25) is 0 Å². The molecule has 6 nitrogen and oxygen atoms in total. The second-order valence-electron chi connectivity index (χ2n) is 6.15. The van der Waals surface area contributed by atoms with Crippen molar-refractivity contribution in [1.29, 1.82) is 0 Å². The molecule has 20 heavy (non-hydrogen) atoms. The molecule has 2 bridgehead atoms. The topological polar surface area (TPSA) is 98.7 Å². The molecule has 114 valence electrons. The standard InChI is InChI=1S/C14H24N2O4/c1-8(11-7-9-2-3-10(11)6-9)15-14(20)16-12(4-5-17)13(18)19/h8-12,17H,2-7H2,1H3,(H,18,19)(H2,15,16,20)/t8?,9?,10?,11?,12-/m1/s1. The molecular formula is C14H24N2O4. The van der Waals surface area contributed by atoms with Crippen molar-refractivity contribution < 1.29 is 19.8 Å². The molecule has 2 fully saturated rings. The van der Waals surface area contributed by atoms with Crippen molar-refractivity contribution in [1.82, 2.24) is 10.6 Å². The number of carboxylic acid groups (broad SMARTS) is 1. The Morgan fingerprint density at radius 2 is 2.00 bits per heavy atom. The van der Waals surface area contributed by atoms with E-state index in [0.29, 0.717) is 11.8 Å². The summed E-state index contributed by atoms with van der Waals surface area (Å²) in [5, 5.41) is 23.0. The summed E-state index contributed by atoms with van der Waals surface area (Å²) in [5.41, 5.74) is 0. The van der Waals surface area contributed by atoms with Gasteiger partial charge in [-0.25, -0.2) is 9.59 Å². The van der Waals surface area contributed by atoms with Gasteiger partial charge in [-0.2, -0.15) is 0 Å². The number of aliphatic carboxylic acids is 1. The molecule has 2 aliphatic carbocycles. The molecular weight excluding hydrogens is 260 g/mol. The van der Waals surface area contributed by atoms with Gasteiger partial charge in [0.05, 0.1) is 0 Å². The zero-order valence-corrected chi connectivity index (χ0v) is 11.8. The normalized spacial score (nSPS) is 30.8. The molecule has 2 rings (SSSR count). The molecule has 2 saturated carbocycles. The van der Waals surface area contributed by atoms with Crippen LogP contribution in [-0.4, -0.2) is 40.9 Å². The van der Waals surface area contributed by atoms with Crippen molar-refractivity contribution in [2.45, 2.75) is 51.1 Å². The number of hydrogen-bond acceptors (Lipinski definition) is 3. The van der Waals surface area contributed by atoms with E-state index < -0.39 is 18.0 Å². The van der Waals surface area contributed by atoms with Gasteiger partial charge in [0, 0.05) is 19.1 Å². The van der Waals surface area contributed by atoms with Gasteiger partial charge >= 0.3 is 12.0 Å². The average molecular weight is 284 g/mol. The Balaban J connectivity index is 1.80. The third-order valence-electron chi connectivity index (χ3n) is 4.81. The van der Waals surface area contributed by atoms with Crippen LogP contribution in [0.4, 0.5) is 4.79 Å². The van der Waals surface area contributed by atoms with Gasteiger partial charge in [-0.05, 0) is 43.9 Å². The van der Waals surface area contributed by atoms with Gasteiger partial charge in [-0.15, -0.1) is 0 Å². The predicted octanol–water partition coefficient (Wildman–Crippen LogP) is 0.946. The lowest BCUT2D eigenvalue weighted by Crippen LogP contribution is -2.50. The number of carbonyl (C=O) groups excluding carboxylic acids is 1. The summed E-state index contributed by atoms with van der Waals surface area (Å²) in [6, 6.07) is -1.43. The summed E-state index contributed by atoms with van der Waals surface area (Å²) in [4.78, 5) is 22.8. The van der Waals surface area contributed by atoms with Crippen LogP contribution in [0, 0.1) is 17.8 Å². The van der Waals surface area contributed by atoms with E-state index in [1.807, 2.05) is 6.92 Å². The maximum Gasteiger partial charge on any atom is 0.326 e. The number of hydrogen-bond donors (Lipinski definition) is 4. The molecule has 5 atom stereocenters. The maximum absolute atomic E-state index is 11.8. The van der Waals surface area contributed by atoms with E-state index in [-0.39, 0.29) is 19.1 Å². The lowest BCUT2D eigenvalue weighted by atomic mass is 9.84. The highest BCUT2D eigenvalue weighted by Gasteiger charge is 2.42. The number of amides is 2. The summed E-state index contributed by atoms with van der Waals surface area (Å²) >= 11 is 0. The van der Waals surface area contributed by atoms with Gasteiger partial charge in [0.1, 0.15) is 6.04 Å². The Morgan fingerprint density at radius 1 is 1.25 bits per heavy atom. The fourth-order valence-electron chi connectivity index (χ4n) is 3.81. The SMILES string of the molecule is CC(NC(=O)N[C@H](CCO)C(=O)O)C1CC2CCC1C2. The van der Waals surface area contributed by atoms with Crippen LogP contribution in [0.3, 0.4) is 0 Å². The van der Waals surface area contributed by atoms with E-state index >= 15 is 0 Å². The zero-order valence-electron chi connectivity index (χ0n) is 11.8. The Morgan fingerprint density at radius 3 is 2.50 bits per heavy atom. The summed E-state index contributed by atoms with van der Waals surface area (Å²) in [5.74, 6) is 0.920. The minimum absolute atomic E-state index is 0.0191. The molecule has 2 aliphatic rings. The Hall–Kier alpha value is -1.30. The molecule has 4 N–H and O–H groups in total. The Kier molecular flexibility index (Phi) is 4.86. The first-order valence-electron chi connectivity index (χ1n) is 7.42. The van der Waals surface area contributed by atoms with E-state index in [1.54, 1.807) is 0 Å².